The van der Waals surface area contributed by atoms with Crippen molar-refractivity contribution in [3.8, 4) is 0 Å². The lowest BCUT2D eigenvalue weighted by molar-refractivity contribution is 0.0997. The lowest BCUT2D eigenvalue weighted by Gasteiger charge is -2.31. The summed E-state index contributed by atoms with van der Waals surface area (Å²) in [7, 11) is 2.08. The highest BCUT2D eigenvalue weighted by Crippen LogP contribution is 2.17. The number of hydrogen-bond acceptors (Lipinski definition) is 3. The van der Waals surface area contributed by atoms with Crippen molar-refractivity contribution in [2.75, 3.05) is 7.05 Å². The molecule has 1 aromatic heterocycles. The number of ketones is 1. The number of likely N-dealkylation sites (N-methyl/N-ethyl adjacent to an activating group) is 1. The Morgan fingerprint density at radius 2 is 2.36 bits per heavy atom. The molecule has 0 fully saturated rings. The molecule has 0 saturated carbocycles. The van der Waals surface area contributed by atoms with Crippen LogP contribution < -0.4 is 0 Å². The Kier molecular flexibility index (Phi) is 2.15. The van der Waals surface area contributed by atoms with Crippen LogP contribution in [0, 0.1) is 0 Å². The summed E-state index contributed by atoms with van der Waals surface area (Å²) in [6.07, 6.45) is 1.68. The topological polar surface area (TPSA) is 38.1 Å². The molecule has 0 radical (unpaired) electrons. The predicted octanol–water partition coefficient (Wildman–Crippen LogP) is 0.920. The highest BCUT2D eigenvalue weighted by Gasteiger charge is 2.23. The number of imidazole rings is 1. The molecular formula is C10H15N3O. The van der Waals surface area contributed by atoms with Crippen molar-refractivity contribution in [2.24, 2.45) is 0 Å². The van der Waals surface area contributed by atoms with Crippen LogP contribution in [0.5, 0.6) is 0 Å². The molecule has 1 unspecified atom stereocenters. The van der Waals surface area contributed by atoms with Crippen molar-refractivity contribution in [3.05, 3.63) is 17.7 Å². The summed E-state index contributed by atoms with van der Waals surface area (Å²) in [5.74, 6) is 1.09. The monoisotopic (exact) mass is 193 g/mol. The lowest BCUT2D eigenvalue weighted by atomic mass is 10.2. The smallest absolute Gasteiger partial charge is 0.177 e. The number of nitrogens with zero attached hydrogens (tertiary/aromatic N) is 3. The fourth-order valence-corrected chi connectivity index (χ4v) is 1.81. The summed E-state index contributed by atoms with van der Waals surface area (Å²) in [5.41, 5.74) is 0.736. The zero-order chi connectivity index (χ0) is 10.3. The van der Waals surface area contributed by atoms with Crippen molar-refractivity contribution in [1.82, 2.24) is 14.5 Å². The van der Waals surface area contributed by atoms with Crippen molar-refractivity contribution in [2.45, 2.75) is 33.0 Å². The third-order valence-electron chi connectivity index (χ3n) is 2.89. The number of hydrogen-bond donors (Lipinski definition) is 0. The summed E-state index contributed by atoms with van der Waals surface area (Å²) >= 11 is 0. The summed E-state index contributed by atoms with van der Waals surface area (Å²) < 4.78 is 2.03. The first-order valence-electron chi connectivity index (χ1n) is 4.85. The minimum Gasteiger partial charge on any atom is -0.323 e. The van der Waals surface area contributed by atoms with Gasteiger partial charge in [0.1, 0.15) is 11.5 Å². The molecule has 2 rings (SSSR count). The Morgan fingerprint density at radius 1 is 1.64 bits per heavy atom. The van der Waals surface area contributed by atoms with E-state index in [2.05, 4.69) is 23.9 Å². The van der Waals surface area contributed by atoms with Crippen molar-refractivity contribution >= 4 is 5.78 Å². The van der Waals surface area contributed by atoms with E-state index >= 15 is 0 Å². The van der Waals surface area contributed by atoms with Crippen LogP contribution in [0.2, 0.25) is 0 Å². The molecule has 0 bridgehead atoms. The number of aromatic nitrogens is 2. The molecule has 0 N–H and O–H groups in total. The number of carbonyl (C=O) groups excluding carboxylic acids is 1. The van der Waals surface area contributed by atoms with E-state index in [4.69, 9.17) is 0 Å². The van der Waals surface area contributed by atoms with Gasteiger partial charge in [0, 0.05) is 19.5 Å². The summed E-state index contributed by atoms with van der Waals surface area (Å²) in [6, 6.07) is 0.467. The molecule has 0 amide bonds. The van der Waals surface area contributed by atoms with Gasteiger partial charge < -0.3 is 4.57 Å². The maximum Gasteiger partial charge on any atom is 0.177 e. The van der Waals surface area contributed by atoms with E-state index in [9.17, 15) is 4.79 Å². The van der Waals surface area contributed by atoms with Crippen LogP contribution in [0.4, 0.5) is 0 Å². The third kappa shape index (κ3) is 1.35. The van der Waals surface area contributed by atoms with E-state index in [1.54, 1.807) is 13.1 Å². The van der Waals surface area contributed by atoms with Gasteiger partial charge in [0.05, 0.1) is 12.7 Å². The highest BCUT2D eigenvalue weighted by atomic mass is 16.1. The first-order valence-corrected chi connectivity index (χ1v) is 4.85. The molecule has 1 aliphatic rings. The summed E-state index contributed by atoms with van der Waals surface area (Å²) in [5, 5.41) is 0. The molecule has 0 aromatic carbocycles. The average Bonchev–Trinajstić information content (AvgIpc) is 2.48. The van der Waals surface area contributed by atoms with Gasteiger partial charge in [-0.2, -0.15) is 0 Å². The second-order valence-corrected chi connectivity index (χ2v) is 3.99. The minimum atomic E-state index is 0.0977. The number of Topliss-reactive ketones (excluding diaryl/α,β-unsaturated/α-hetero) is 1. The molecule has 0 spiro atoms. The minimum absolute atomic E-state index is 0.0977. The van der Waals surface area contributed by atoms with E-state index in [1.807, 2.05) is 4.57 Å². The van der Waals surface area contributed by atoms with E-state index in [1.165, 1.54) is 0 Å². The van der Waals surface area contributed by atoms with E-state index < -0.39 is 0 Å². The van der Waals surface area contributed by atoms with E-state index in [0.717, 1.165) is 24.6 Å². The van der Waals surface area contributed by atoms with Crippen LogP contribution in [0.3, 0.4) is 0 Å². The number of rotatable bonds is 1. The van der Waals surface area contributed by atoms with Gasteiger partial charge in [-0.1, -0.05) is 0 Å². The van der Waals surface area contributed by atoms with Gasteiger partial charge in [-0.25, -0.2) is 4.98 Å². The number of fused-ring (bicyclic) bond motifs is 1. The van der Waals surface area contributed by atoms with Crippen LogP contribution in [0.25, 0.3) is 0 Å². The second kappa shape index (κ2) is 3.20. The zero-order valence-electron chi connectivity index (χ0n) is 8.82. The largest absolute Gasteiger partial charge is 0.323 e. The molecule has 0 aliphatic carbocycles. The van der Waals surface area contributed by atoms with Gasteiger partial charge in [-0.05, 0) is 14.0 Å². The normalized spacial score (nSPS) is 22.1. The van der Waals surface area contributed by atoms with E-state index in [-0.39, 0.29) is 5.78 Å². The average molecular weight is 193 g/mol. The van der Waals surface area contributed by atoms with Crippen molar-refractivity contribution in [1.29, 1.82) is 0 Å². The van der Waals surface area contributed by atoms with Crippen LogP contribution in [0.1, 0.15) is 30.2 Å². The Labute approximate surface area is 83.5 Å². The molecule has 1 aromatic rings. The Balaban J connectivity index is 2.40. The first-order chi connectivity index (χ1) is 6.59. The van der Waals surface area contributed by atoms with Gasteiger partial charge >= 0.3 is 0 Å². The van der Waals surface area contributed by atoms with Crippen molar-refractivity contribution in [3.63, 3.8) is 0 Å². The van der Waals surface area contributed by atoms with Crippen LogP contribution in [-0.4, -0.2) is 33.3 Å². The second-order valence-electron chi connectivity index (χ2n) is 3.99. The van der Waals surface area contributed by atoms with Crippen LogP contribution >= 0.6 is 0 Å². The fourth-order valence-electron chi connectivity index (χ4n) is 1.81. The maximum absolute atomic E-state index is 11.3. The Hall–Kier alpha value is -1.16. The quantitative estimate of drug-likeness (QED) is 0.622. The standard InChI is InChI=1S/C10H15N3O/c1-7-5-13-9(8(2)14)4-11-10(13)6-12(7)3/h4,7H,5-6H2,1-3H3. The molecule has 1 atom stereocenters. The molecule has 0 saturated heterocycles. The highest BCUT2D eigenvalue weighted by molar-refractivity contribution is 5.92. The molecule has 14 heavy (non-hydrogen) atoms. The Morgan fingerprint density at radius 3 is 3.00 bits per heavy atom. The molecule has 4 nitrogen and oxygen atoms in total. The van der Waals surface area contributed by atoms with Gasteiger partial charge in [0.25, 0.3) is 0 Å². The van der Waals surface area contributed by atoms with Gasteiger partial charge in [-0.15, -0.1) is 0 Å². The lowest BCUT2D eigenvalue weighted by Crippen LogP contribution is -2.39. The van der Waals surface area contributed by atoms with Crippen molar-refractivity contribution < 1.29 is 4.79 Å². The summed E-state index contributed by atoms with van der Waals surface area (Å²) in [6.45, 7) is 5.44. The molecular weight excluding hydrogens is 178 g/mol. The maximum atomic E-state index is 11.3. The van der Waals surface area contributed by atoms with E-state index in [0.29, 0.717) is 6.04 Å². The molecule has 76 valence electrons. The van der Waals surface area contributed by atoms with Gasteiger partial charge in [0.2, 0.25) is 0 Å². The fraction of sp³-hybridized carbons (Fsp3) is 0.600. The molecule has 4 heteroatoms. The van der Waals surface area contributed by atoms with Gasteiger partial charge in [0.15, 0.2) is 5.78 Å². The zero-order valence-corrected chi connectivity index (χ0v) is 8.82. The molecule has 1 aliphatic heterocycles. The van der Waals surface area contributed by atoms with Gasteiger partial charge in [-0.3, -0.25) is 9.69 Å². The number of carbonyl (C=O) groups is 1. The predicted molar refractivity (Wildman–Crippen MR) is 53.2 cm³/mol. The third-order valence-corrected chi connectivity index (χ3v) is 2.89. The SMILES string of the molecule is CC(=O)c1cnc2n1CC(C)N(C)C2. The Bertz CT molecular complexity index is 369. The molecule has 2 heterocycles. The van der Waals surface area contributed by atoms with Crippen LogP contribution in [0.15, 0.2) is 6.20 Å². The summed E-state index contributed by atoms with van der Waals surface area (Å²) in [4.78, 5) is 17.8. The van der Waals surface area contributed by atoms with Crippen LogP contribution in [-0.2, 0) is 13.1 Å². The first kappa shape index (κ1) is 9.40.